The van der Waals surface area contributed by atoms with Crippen LogP contribution in [0, 0.1) is 16.7 Å². The zero-order chi connectivity index (χ0) is 15.3. The second-order valence-electron chi connectivity index (χ2n) is 7.42. The average Bonchev–Trinajstić information content (AvgIpc) is 2.46. The van der Waals surface area contributed by atoms with E-state index in [-0.39, 0.29) is 22.9 Å². The maximum Gasteiger partial charge on any atom is 0.173 e. The molecule has 21 heavy (non-hydrogen) atoms. The van der Waals surface area contributed by atoms with Crippen LogP contribution in [0.1, 0.15) is 56.0 Å². The van der Waals surface area contributed by atoms with Crippen LogP contribution in [0.15, 0.2) is 30.3 Å². The van der Waals surface area contributed by atoms with Gasteiger partial charge in [-0.2, -0.15) is 0 Å². The molecule has 3 rings (SSSR count). The van der Waals surface area contributed by atoms with Crippen molar-refractivity contribution in [3.8, 4) is 0 Å². The molecule has 0 aliphatic heterocycles. The Morgan fingerprint density at radius 1 is 1.10 bits per heavy atom. The normalized spacial score (nSPS) is 31.1. The van der Waals surface area contributed by atoms with Crippen LogP contribution in [0.25, 0.3) is 6.08 Å². The Balaban J connectivity index is 2.02. The van der Waals surface area contributed by atoms with Gasteiger partial charge in [-0.3, -0.25) is 9.59 Å². The van der Waals surface area contributed by atoms with Crippen LogP contribution in [0.4, 0.5) is 0 Å². The van der Waals surface area contributed by atoms with Crippen LogP contribution in [0.2, 0.25) is 0 Å². The van der Waals surface area contributed by atoms with Crippen molar-refractivity contribution in [2.24, 2.45) is 16.7 Å². The van der Waals surface area contributed by atoms with Gasteiger partial charge < -0.3 is 0 Å². The minimum absolute atomic E-state index is 0.0941. The summed E-state index contributed by atoms with van der Waals surface area (Å²) in [5.74, 6) is 0.143. The predicted molar refractivity (Wildman–Crippen MR) is 84.0 cm³/mol. The van der Waals surface area contributed by atoms with Crippen LogP contribution in [0.5, 0.6) is 0 Å². The second kappa shape index (κ2) is 4.66. The minimum atomic E-state index is -0.691. The first-order chi connectivity index (χ1) is 9.83. The summed E-state index contributed by atoms with van der Waals surface area (Å²) in [4.78, 5) is 25.4. The number of hydrogen-bond acceptors (Lipinski definition) is 2. The average molecular weight is 282 g/mol. The fourth-order valence-electron chi connectivity index (χ4n) is 3.70. The standard InChI is InChI=1S/C19H22O2/c1-18(2)10-9-16(20)15(12-18)19(3)11-8-13-6-4-5-7-14(13)17(19)21/h4-8,11,15H,9-10,12H2,1-3H3/t15-,19-/m0/s1. The fourth-order valence-corrected chi connectivity index (χ4v) is 3.70. The molecule has 2 nitrogen and oxygen atoms in total. The van der Waals surface area contributed by atoms with E-state index in [9.17, 15) is 9.59 Å². The molecule has 0 heterocycles. The first kappa shape index (κ1) is 14.2. The van der Waals surface area contributed by atoms with Crippen molar-refractivity contribution >= 4 is 17.6 Å². The molecule has 0 saturated heterocycles. The maximum absolute atomic E-state index is 13.0. The summed E-state index contributed by atoms with van der Waals surface area (Å²) in [5, 5.41) is 0. The highest BCUT2D eigenvalue weighted by molar-refractivity contribution is 6.09. The van der Waals surface area contributed by atoms with Crippen molar-refractivity contribution in [3.05, 3.63) is 41.5 Å². The highest BCUT2D eigenvalue weighted by Gasteiger charge is 2.48. The van der Waals surface area contributed by atoms with Crippen molar-refractivity contribution in [2.75, 3.05) is 0 Å². The molecule has 0 bridgehead atoms. The fraction of sp³-hybridized carbons (Fsp3) is 0.474. The summed E-state index contributed by atoms with van der Waals surface area (Å²) in [6.45, 7) is 6.33. The van der Waals surface area contributed by atoms with Gasteiger partial charge in [-0.1, -0.05) is 50.3 Å². The monoisotopic (exact) mass is 282 g/mol. The van der Waals surface area contributed by atoms with Gasteiger partial charge in [0.2, 0.25) is 0 Å². The van der Waals surface area contributed by atoms with Gasteiger partial charge in [0.05, 0.1) is 5.41 Å². The molecule has 2 atom stereocenters. The summed E-state index contributed by atoms with van der Waals surface area (Å²) < 4.78 is 0. The van der Waals surface area contributed by atoms with Crippen LogP contribution in [-0.2, 0) is 4.79 Å². The van der Waals surface area contributed by atoms with Gasteiger partial charge in [0.1, 0.15) is 5.78 Å². The molecule has 1 saturated carbocycles. The van der Waals surface area contributed by atoms with Crippen LogP contribution < -0.4 is 0 Å². The molecule has 0 unspecified atom stereocenters. The molecule has 0 amide bonds. The number of ketones is 2. The highest BCUT2D eigenvalue weighted by Crippen LogP contribution is 2.48. The van der Waals surface area contributed by atoms with Crippen LogP contribution in [-0.4, -0.2) is 11.6 Å². The largest absolute Gasteiger partial charge is 0.299 e. The number of benzene rings is 1. The molecule has 0 aromatic heterocycles. The lowest BCUT2D eigenvalue weighted by atomic mass is 9.59. The number of rotatable bonds is 1. The van der Waals surface area contributed by atoms with E-state index in [1.165, 1.54) is 0 Å². The van der Waals surface area contributed by atoms with E-state index in [1.807, 2.05) is 43.3 Å². The molecule has 1 aromatic rings. The van der Waals surface area contributed by atoms with Crippen LogP contribution in [0.3, 0.4) is 0 Å². The summed E-state index contributed by atoms with van der Waals surface area (Å²) in [6, 6.07) is 7.66. The van der Waals surface area contributed by atoms with Gasteiger partial charge >= 0.3 is 0 Å². The number of allylic oxidation sites excluding steroid dienone is 1. The van der Waals surface area contributed by atoms with Gasteiger partial charge in [0, 0.05) is 17.9 Å². The zero-order valence-electron chi connectivity index (χ0n) is 13.0. The minimum Gasteiger partial charge on any atom is -0.299 e. The molecule has 0 N–H and O–H groups in total. The maximum atomic E-state index is 13.0. The van der Waals surface area contributed by atoms with Gasteiger partial charge in [-0.15, -0.1) is 0 Å². The Bertz CT molecular complexity index is 639. The number of carbonyl (C=O) groups is 2. The molecule has 0 spiro atoms. The third-order valence-electron chi connectivity index (χ3n) is 5.22. The summed E-state index contributed by atoms with van der Waals surface area (Å²) >= 11 is 0. The summed E-state index contributed by atoms with van der Waals surface area (Å²) in [7, 11) is 0. The third-order valence-corrected chi connectivity index (χ3v) is 5.22. The van der Waals surface area contributed by atoms with Crippen molar-refractivity contribution in [1.82, 2.24) is 0 Å². The topological polar surface area (TPSA) is 34.1 Å². The number of Topliss-reactive ketones (excluding diaryl/α,β-unsaturated/α-hetero) is 2. The van der Waals surface area contributed by atoms with E-state index in [0.29, 0.717) is 6.42 Å². The quantitative estimate of drug-likeness (QED) is 0.769. The molecule has 0 radical (unpaired) electrons. The van der Waals surface area contributed by atoms with E-state index in [4.69, 9.17) is 0 Å². The lowest BCUT2D eigenvalue weighted by molar-refractivity contribution is -0.129. The molecule has 2 aliphatic carbocycles. The molecular weight excluding hydrogens is 260 g/mol. The molecule has 110 valence electrons. The smallest absolute Gasteiger partial charge is 0.173 e. The molecule has 1 aromatic carbocycles. The predicted octanol–water partition coefficient (Wildman–Crippen LogP) is 4.30. The van der Waals surface area contributed by atoms with E-state index in [1.54, 1.807) is 0 Å². The van der Waals surface area contributed by atoms with E-state index < -0.39 is 5.41 Å². The van der Waals surface area contributed by atoms with Crippen LogP contribution >= 0.6 is 0 Å². The molecule has 2 aliphatic rings. The Hall–Kier alpha value is -1.70. The van der Waals surface area contributed by atoms with E-state index >= 15 is 0 Å². The Morgan fingerprint density at radius 3 is 2.57 bits per heavy atom. The first-order valence-electron chi connectivity index (χ1n) is 7.69. The van der Waals surface area contributed by atoms with Gasteiger partial charge in [0.25, 0.3) is 0 Å². The Morgan fingerprint density at radius 2 is 1.81 bits per heavy atom. The number of fused-ring (bicyclic) bond motifs is 1. The van der Waals surface area contributed by atoms with Gasteiger partial charge in [0.15, 0.2) is 5.78 Å². The molecule has 1 fully saturated rings. The van der Waals surface area contributed by atoms with Crippen molar-refractivity contribution < 1.29 is 9.59 Å². The number of hydrogen-bond donors (Lipinski definition) is 0. The summed E-state index contributed by atoms with van der Waals surface area (Å²) in [5.41, 5.74) is 1.15. The lowest BCUT2D eigenvalue weighted by Crippen LogP contribution is -2.45. The first-order valence-corrected chi connectivity index (χ1v) is 7.69. The number of carbonyl (C=O) groups excluding carboxylic acids is 2. The van der Waals surface area contributed by atoms with Crippen molar-refractivity contribution in [2.45, 2.75) is 40.0 Å². The SMILES string of the molecule is CC1(C)CCC(=O)[C@@H]([C@]2(C)C=Cc3ccccc3C2=O)C1. The summed E-state index contributed by atoms with van der Waals surface area (Å²) in [6.07, 6.45) is 6.27. The zero-order valence-corrected chi connectivity index (χ0v) is 13.0. The van der Waals surface area contributed by atoms with E-state index in [0.717, 1.165) is 24.0 Å². The second-order valence-corrected chi connectivity index (χ2v) is 7.42. The molecular formula is C19H22O2. The van der Waals surface area contributed by atoms with Gasteiger partial charge in [-0.25, -0.2) is 0 Å². The highest BCUT2D eigenvalue weighted by atomic mass is 16.1. The van der Waals surface area contributed by atoms with E-state index in [2.05, 4.69) is 13.8 Å². The Kier molecular flexibility index (Phi) is 3.16. The third kappa shape index (κ3) is 2.27. The molecule has 2 heteroatoms. The lowest BCUT2D eigenvalue weighted by Gasteiger charge is -2.43. The Labute approximate surface area is 126 Å². The van der Waals surface area contributed by atoms with Crippen molar-refractivity contribution in [3.63, 3.8) is 0 Å². The van der Waals surface area contributed by atoms with Gasteiger partial charge in [-0.05, 0) is 30.7 Å². The van der Waals surface area contributed by atoms with Crippen molar-refractivity contribution in [1.29, 1.82) is 0 Å².